The molecule has 7 heteroatoms. The summed E-state index contributed by atoms with van der Waals surface area (Å²) in [5.74, 6) is -0.701. The summed E-state index contributed by atoms with van der Waals surface area (Å²) < 4.78 is 11.5. The third-order valence-electron chi connectivity index (χ3n) is 6.78. The van der Waals surface area contributed by atoms with Gasteiger partial charge in [-0.3, -0.25) is 9.59 Å². The molecule has 1 amide bonds. The zero-order chi connectivity index (χ0) is 23.1. The minimum atomic E-state index is -0.666. The van der Waals surface area contributed by atoms with Gasteiger partial charge in [0.05, 0.1) is 30.0 Å². The Kier molecular flexibility index (Phi) is 5.58. The highest BCUT2D eigenvalue weighted by Gasteiger charge is 2.47. The maximum absolute atomic E-state index is 13.3. The predicted molar refractivity (Wildman–Crippen MR) is 124 cm³/mol. The molecule has 5 rings (SSSR count). The van der Waals surface area contributed by atoms with Crippen molar-refractivity contribution < 1.29 is 24.2 Å². The predicted octanol–water partition coefficient (Wildman–Crippen LogP) is 3.42. The van der Waals surface area contributed by atoms with Gasteiger partial charge in [-0.25, -0.2) is 0 Å². The molecule has 2 atom stereocenters. The third-order valence-corrected chi connectivity index (χ3v) is 6.78. The molecule has 0 aliphatic carbocycles. The van der Waals surface area contributed by atoms with Gasteiger partial charge in [-0.15, -0.1) is 0 Å². The Hall–Kier alpha value is -3.32. The molecular formula is C26H28N2O5. The molecule has 7 nitrogen and oxygen atoms in total. The number of fused-ring (bicyclic) bond motifs is 1. The van der Waals surface area contributed by atoms with Crippen molar-refractivity contribution in [1.82, 2.24) is 4.90 Å². The Morgan fingerprint density at radius 2 is 1.97 bits per heavy atom. The van der Waals surface area contributed by atoms with Crippen molar-refractivity contribution in [2.75, 3.05) is 38.3 Å². The molecule has 172 valence electrons. The molecule has 2 saturated heterocycles. The van der Waals surface area contributed by atoms with Crippen LogP contribution < -0.4 is 9.64 Å². The van der Waals surface area contributed by atoms with Crippen LogP contribution >= 0.6 is 0 Å². The van der Waals surface area contributed by atoms with E-state index in [1.165, 1.54) is 0 Å². The second-order valence-corrected chi connectivity index (χ2v) is 8.90. The smallest absolute Gasteiger partial charge is 0.295 e. The van der Waals surface area contributed by atoms with Crippen molar-refractivity contribution in [2.24, 2.45) is 0 Å². The number of aliphatic hydroxyl groups is 1. The van der Waals surface area contributed by atoms with Crippen molar-refractivity contribution in [2.45, 2.75) is 31.9 Å². The van der Waals surface area contributed by atoms with E-state index in [9.17, 15) is 14.7 Å². The summed E-state index contributed by atoms with van der Waals surface area (Å²) in [5, 5.41) is 11.4. The Balaban J connectivity index is 1.63. The zero-order valence-corrected chi connectivity index (χ0v) is 18.9. The van der Waals surface area contributed by atoms with Gasteiger partial charge in [0.1, 0.15) is 18.1 Å². The summed E-state index contributed by atoms with van der Waals surface area (Å²) in [6.07, 6.45) is 1.68. The van der Waals surface area contributed by atoms with E-state index in [1.807, 2.05) is 49.2 Å². The fraction of sp³-hybridized carbons (Fsp3) is 0.385. The van der Waals surface area contributed by atoms with Gasteiger partial charge in [-0.2, -0.15) is 0 Å². The lowest BCUT2D eigenvalue weighted by Gasteiger charge is -2.29. The first-order chi connectivity index (χ1) is 16.0. The first-order valence-electron chi connectivity index (χ1n) is 11.4. The number of carbonyl (C=O) groups excluding carboxylic acids is 2. The Labute approximate surface area is 193 Å². The molecule has 3 heterocycles. The highest BCUT2D eigenvalue weighted by Crippen LogP contribution is 2.42. The van der Waals surface area contributed by atoms with Gasteiger partial charge in [0.2, 0.25) is 0 Å². The Morgan fingerprint density at radius 3 is 2.73 bits per heavy atom. The highest BCUT2D eigenvalue weighted by atomic mass is 16.5. The van der Waals surface area contributed by atoms with Crippen LogP contribution in [-0.4, -0.2) is 61.2 Å². The number of nitrogens with zero attached hydrogens (tertiary/aromatic N) is 2. The second-order valence-electron chi connectivity index (χ2n) is 8.90. The zero-order valence-electron chi connectivity index (χ0n) is 18.9. The molecule has 0 saturated carbocycles. The van der Waals surface area contributed by atoms with Gasteiger partial charge in [0.25, 0.3) is 11.7 Å². The van der Waals surface area contributed by atoms with Crippen LogP contribution in [0, 0.1) is 6.92 Å². The number of hydrogen-bond donors (Lipinski definition) is 1. The molecule has 3 aliphatic heterocycles. The van der Waals surface area contributed by atoms with Crippen molar-refractivity contribution in [3.8, 4) is 5.75 Å². The van der Waals surface area contributed by atoms with Crippen LogP contribution in [0.4, 0.5) is 5.69 Å². The van der Waals surface area contributed by atoms with E-state index >= 15 is 0 Å². The van der Waals surface area contributed by atoms with Crippen LogP contribution in [0.25, 0.3) is 5.76 Å². The van der Waals surface area contributed by atoms with Gasteiger partial charge >= 0.3 is 0 Å². The maximum atomic E-state index is 13.3. The Bertz CT molecular complexity index is 1140. The summed E-state index contributed by atoms with van der Waals surface area (Å²) >= 11 is 0. The minimum absolute atomic E-state index is 0.107. The molecule has 2 unspecified atom stereocenters. The van der Waals surface area contributed by atoms with Crippen LogP contribution in [0.2, 0.25) is 0 Å². The van der Waals surface area contributed by atoms with Crippen LogP contribution in [-0.2, 0) is 14.3 Å². The summed E-state index contributed by atoms with van der Waals surface area (Å²) in [7, 11) is 1.96. The van der Waals surface area contributed by atoms with Crippen molar-refractivity contribution in [3.63, 3.8) is 0 Å². The van der Waals surface area contributed by atoms with Crippen molar-refractivity contribution in [3.05, 3.63) is 64.7 Å². The molecular weight excluding hydrogens is 420 g/mol. The number of likely N-dealkylation sites (N-methyl/N-ethyl adjacent to an activating group) is 1. The topological polar surface area (TPSA) is 79.3 Å². The lowest BCUT2D eigenvalue weighted by molar-refractivity contribution is -0.140. The lowest BCUT2D eigenvalue weighted by Crippen LogP contribution is -2.36. The van der Waals surface area contributed by atoms with Crippen LogP contribution in [0.1, 0.15) is 35.6 Å². The number of anilines is 1. The van der Waals surface area contributed by atoms with Gasteiger partial charge in [-0.1, -0.05) is 24.3 Å². The van der Waals surface area contributed by atoms with Crippen LogP contribution in [0.15, 0.2) is 48.0 Å². The number of likely N-dealkylation sites (tertiary alicyclic amines) is 1. The quantitative estimate of drug-likeness (QED) is 0.439. The fourth-order valence-electron chi connectivity index (χ4n) is 4.95. The van der Waals surface area contributed by atoms with Crippen molar-refractivity contribution >= 4 is 23.1 Å². The van der Waals surface area contributed by atoms with Gasteiger partial charge in [0, 0.05) is 25.8 Å². The highest BCUT2D eigenvalue weighted by molar-refractivity contribution is 6.46. The molecule has 2 aromatic rings. The summed E-state index contributed by atoms with van der Waals surface area (Å²) in [5.41, 5.74) is 3.22. The second kappa shape index (κ2) is 8.56. The minimum Gasteiger partial charge on any atom is -0.507 e. The number of benzene rings is 2. The molecule has 0 bridgehead atoms. The molecule has 1 N–H and O–H groups in total. The largest absolute Gasteiger partial charge is 0.507 e. The number of ketones is 1. The number of aryl methyl sites for hydroxylation is 1. The van der Waals surface area contributed by atoms with Crippen molar-refractivity contribution in [1.29, 1.82) is 0 Å². The molecule has 0 spiro atoms. The van der Waals surface area contributed by atoms with Gasteiger partial charge < -0.3 is 24.4 Å². The molecule has 0 radical (unpaired) electrons. The SMILES string of the molecule is Cc1ccccc1C1/C(=C(\O)c2ccc3c(c2)N(C)CCO3)C(=O)C(=O)N1CC1CCCO1. The van der Waals surface area contributed by atoms with E-state index < -0.39 is 17.7 Å². The van der Waals surface area contributed by atoms with E-state index in [0.717, 1.165) is 42.0 Å². The van der Waals surface area contributed by atoms with E-state index in [-0.39, 0.29) is 17.4 Å². The van der Waals surface area contributed by atoms with E-state index in [0.29, 0.717) is 25.3 Å². The van der Waals surface area contributed by atoms with Crippen LogP contribution in [0.3, 0.4) is 0 Å². The molecule has 2 fully saturated rings. The third kappa shape index (κ3) is 3.76. The first-order valence-corrected chi connectivity index (χ1v) is 11.4. The normalized spacial score (nSPS) is 24.2. The maximum Gasteiger partial charge on any atom is 0.295 e. The van der Waals surface area contributed by atoms with Gasteiger partial charge in [-0.05, 0) is 49.1 Å². The molecule has 33 heavy (non-hydrogen) atoms. The number of Topliss-reactive ketones (excluding diaryl/α,β-unsaturated/α-hetero) is 1. The lowest BCUT2D eigenvalue weighted by atomic mass is 9.92. The standard InChI is InChI=1S/C26H28N2O5/c1-16-6-3-4-8-19(16)23-22(25(30)26(31)28(23)15-18-7-5-12-32-18)24(29)17-9-10-21-20(14-17)27(2)11-13-33-21/h3-4,6,8-10,14,18,23,29H,5,7,11-13,15H2,1-2H3/b24-22+. The molecule has 2 aromatic carbocycles. The number of rotatable bonds is 4. The summed E-state index contributed by atoms with van der Waals surface area (Å²) in [6, 6.07) is 12.3. The number of aliphatic hydroxyl groups excluding tert-OH is 1. The van der Waals surface area contributed by atoms with Crippen LogP contribution in [0.5, 0.6) is 5.75 Å². The monoisotopic (exact) mass is 448 g/mol. The van der Waals surface area contributed by atoms with E-state index in [1.54, 1.807) is 17.0 Å². The number of amides is 1. The van der Waals surface area contributed by atoms with E-state index in [4.69, 9.17) is 9.47 Å². The first kappa shape index (κ1) is 21.5. The number of carbonyl (C=O) groups is 2. The average Bonchev–Trinajstić information content (AvgIpc) is 3.42. The average molecular weight is 449 g/mol. The number of ether oxygens (including phenoxy) is 2. The fourth-order valence-corrected chi connectivity index (χ4v) is 4.95. The van der Waals surface area contributed by atoms with Gasteiger partial charge in [0.15, 0.2) is 0 Å². The molecule has 3 aliphatic rings. The Morgan fingerprint density at radius 1 is 1.15 bits per heavy atom. The summed E-state index contributed by atoms with van der Waals surface area (Å²) in [6.45, 7) is 4.25. The van der Waals surface area contributed by atoms with E-state index in [2.05, 4.69) is 0 Å². The molecule has 0 aromatic heterocycles. The summed E-state index contributed by atoms with van der Waals surface area (Å²) in [4.78, 5) is 30.0. The number of hydrogen-bond acceptors (Lipinski definition) is 6.